The third kappa shape index (κ3) is 6.01. The molecular formula is C31H31N7O3. The maximum absolute atomic E-state index is 13.1. The topological polar surface area (TPSA) is 123 Å². The lowest BCUT2D eigenvalue weighted by atomic mass is 9.87. The van der Waals surface area contributed by atoms with Crippen molar-refractivity contribution in [2.45, 2.75) is 26.2 Å². The number of ether oxygens (including phenoxy) is 2. The van der Waals surface area contributed by atoms with E-state index >= 15 is 0 Å². The number of aromatic nitrogens is 4. The first-order valence-electron chi connectivity index (χ1n) is 13.0. The highest BCUT2D eigenvalue weighted by molar-refractivity contribution is 6.08. The number of anilines is 3. The van der Waals surface area contributed by atoms with E-state index in [1.54, 1.807) is 38.6 Å². The van der Waals surface area contributed by atoms with Gasteiger partial charge in [0.25, 0.3) is 0 Å². The van der Waals surface area contributed by atoms with E-state index in [0.717, 1.165) is 16.3 Å². The van der Waals surface area contributed by atoms with Crippen LogP contribution in [0.15, 0.2) is 79.3 Å². The average Bonchev–Trinajstić information content (AvgIpc) is 2.98. The molecule has 0 spiro atoms. The van der Waals surface area contributed by atoms with Gasteiger partial charge in [0.15, 0.2) is 5.82 Å². The number of rotatable bonds is 7. The Morgan fingerprint density at radius 2 is 1.59 bits per heavy atom. The SMILES string of the molecule is CNc1ncnc(-c2cccnc2Oc2ccc(NC(=O)Nc3cc(C(C)(C)C)ccc3OC)c3ccccc23)n1. The van der Waals surface area contributed by atoms with Gasteiger partial charge >= 0.3 is 6.03 Å². The summed E-state index contributed by atoms with van der Waals surface area (Å²) in [4.78, 5) is 30.4. The second-order valence-corrected chi connectivity index (χ2v) is 10.2. The molecule has 2 heterocycles. The number of hydrogen-bond donors (Lipinski definition) is 3. The first-order valence-corrected chi connectivity index (χ1v) is 13.0. The normalized spacial score (nSPS) is 11.1. The zero-order chi connectivity index (χ0) is 29.0. The first-order chi connectivity index (χ1) is 19.8. The van der Waals surface area contributed by atoms with Crippen molar-refractivity contribution in [3.8, 4) is 28.8 Å². The Hall–Kier alpha value is -5.25. The fraction of sp³-hybridized carbons (Fsp3) is 0.194. The molecule has 0 aliphatic carbocycles. The van der Waals surface area contributed by atoms with E-state index in [0.29, 0.717) is 46.1 Å². The van der Waals surface area contributed by atoms with Crippen molar-refractivity contribution >= 4 is 34.1 Å². The largest absolute Gasteiger partial charge is 0.495 e. The van der Waals surface area contributed by atoms with Gasteiger partial charge in [0.1, 0.15) is 17.8 Å². The molecule has 208 valence electrons. The standard InChI is InChI=1S/C31H31N7O3/c1-31(2,3)19-12-14-26(40-5)24(17-19)37-30(39)36-23-13-15-25(21-10-7-6-9-20(21)23)41-28-22(11-8-16-33-28)27-34-18-35-29(32-4)38-27/h6-18H,1-5H3,(H2,36,37,39)(H,32,34,35,38). The predicted octanol–water partition coefficient (Wildman–Crippen LogP) is 6.87. The smallest absolute Gasteiger partial charge is 0.323 e. The van der Waals surface area contributed by atoms with E-state index in [1.807, 2.05) is 48.5 Å². The molecule has 0 atom stereocenters. The van der Waals surface area contributed by atoms with Crippen molar-refractivity contribution in [1.29, 1.82) is 0 Å². The van der Waals surface area contributed by atoms with Gasteiger partial charge < -0.3 is 25.4 Å². The lowest BCUT2D eigenvalue weighted by Gasteiger charge is -2.21. The highest BCUT2D eigenvalue weighted by Gasteiger charge is 2.18. The summed E-state index contributed by atoms with van der Waals surface area (Å²) in [6.07, 6.45) is 3.07. The van der Waals surface area contributed by atoms with Gasteiger partial charge in [0, 0.05) is 24.0 Å². The molecule has 0 aliphatic rings. The summed E-state index contributed by atoms with van der Waals surface area (Å²) in [5.74, 6) is 2.35. The van der Waals surface area contributed by atoms with Gasteiger partial charge in [-0.15, -0.1) is 0 Å². The Balaban J connectivity index is 1.43. The van der Waals surface area contributed by atoms with Crippen LogP contribution in [0.4, 0.5) is 22.1 Å². The van der Waals surface area contributed by atoms with E-state index in [4.69, 9.17) is 9.47 Å². The van der Waals surface area contributed by atoms with Gasteiger partial charge in [-0.25, -0.2) is 19.7 Å². The molecule has 0 bridgehead atoms. The minimum Gasteiger partial charge on any atom is -0.495 e. The molecule has 5 rings (SSSR count). The minimum absolute atomic E-state index is 0.0859. The number of hydrogen-bond acceptors (Lipinski definition) is 8. The number of urea groups is 1. The zero-order valence-corrected chi connectivity index (χ0v) is 23.5. The van der Waals surface area contributed by atoms with E-state index < -0.39 is 6.03 Å². The summed E-state index contributed by atoms with van der Waals surface area (Å²) in [7, 11) is 3.32. The Morgan fingerprint density at radius 3 is 2.34 bits per heavy atom. The summed E-state index contributed by atoms with van der Waals surface area (Å²) >= 11 is 0. The van der Waals surface area contributed by atoms with Gasteiger partial charge in [-0.1, -0.05) is 51.1 Å². The molecule has 10 nitrogen and oxygen atoms in total. The Labute approximate surface area is 238 Å². The molecule has 2 amide bonds. The Morgan fingerprint density at radius 1 is 0.829 bits per heavy atom. The number of benzene rings is 3. The second kappa shape index (κ2) is 11.5. The third-order valence-electron chi connectivity index (χ3n) is 6.46. The van der Waals surface area contributed by atoms with Crippen LogP contribution in [0.25, 0.3) is 22.2 Å². The van der Waals surface area contributed by atoms with Crippen molar-refractivity contribution in [2.75, 3.05) is 30.1 Å². The van der Waals surface area contributed by atoms with Crippen LogP contribution < -0.4 is 25.4 Å². The molecule has 0 radical (unpaired) electrons. The zero-order valence-electron chi connectivity index (χ0n) is 23.5. The third-order valence-corrected chi connectivity index (χ3v) is 6.46. The quantitative estimate of drug-likeness (QED) is 0.201. The molecule has 10 heteroatoms. The highest BCUT2D eigenvalue weighted by atomic mass is 16.5. The molecule has 3 aromatic carbocycles. The van der Waals surface area contributed by atoms with Crippen LogP contribution in [0.5, 0.6) is 17.4 Å². The van der Waals surface area contributed by atoms with Crippen molar-refractivity contribution in [1.82, 2.24) is 19.9 Å². The summed E-state index contributed by atoms with van der Waals surface area (Å²) in [5.41, 5.74) is 2.81. The molecule has 0 saturated carbocycles. The fourth-order valence-corrected chi connectivity index (χ4v) is 4.31. The predicted molar refractivity (Wildman–Crippen MR) is 161 cm³/mol. The van der Waals surface area contributed by atoms with Crippen LogP contribution in [0.2, 0.25) is 0 Å². The molecule has 0 unspecified atom stereocenters. The van der Waals surface area contributed by atoms with Crippen LogP contribution in [0.1, 0.15) is 26.3 Å². The Bertz CT molecular complexity index is 1720. The van der Waals surface area contributed by atoms with Crippen molar-refractivity contribution < 1.29 is 14.3 Å². The van der Waals surface area contributed by atoms with E-state index in [9.17, 15) is 4.79 Å². The monoisotopic (exact) mass is 549 g/mol. The van der Waals surface area contributed by atoms with Crippen LogP contribution in [0, 0.1) is 0 Å². The molecule has 0 aliphatic heterocycles. The number of amides is 2. The maximum atomic E-state index is 13.1. The van der Waals surface area contributed by atoms with Crippen LogP contribution >= 0.6 is 0 Å². The molecule has 0 fully saturated rings. The lowest BCUT2D eigenvalue weighted by Crippen LogP contribution is -2.21. The summed E-state index contributed by atoms with van der Waals surface area (Å²) < 4.78 is 11.8. The fourth-order valence-electron chi connectivity index (χ4n) is 4.31. The lowest BCUT2D eigenvalue weighted by molar-refractivity contribution is 0.262. The summed E-state index contributed by atoms with van der Waals surface area (Å²) in [6, 6.07) is 20.3. The number of carbonyl (C=O) groups is 1. The second-order valence-electron chi connectivity index (χ2n) is 10.2. The van der Waals surface area contributed by atoms with Gasteiger partial charge in [0.05, 0.1) is 24.0 Å². The van der Waals surface area contributed by atoms with Crippen molar-refractivity contribution in [3.63, 3.8) is 0 Å². The number of pyridine rings is 1. The number of methoxy groups -OCH3 is 1. The van der Waals surface area contributed by atoms with Crippen LogP contribution in [-0.2, 0) is 5.41 Å². The molecule has 5 aromatic rings. The molecule has 41 heavy (non-hydrogen) atoms. The molecule has 3 N–H and O–H groups in total. The van der Waals surface area contributed by atoms with Crippen LogP contribution in [0.3, 0.4) is 0 Å². The minimum atomic E-state index is -0.393. The van der Waals surface area contributed by atoms with E-state index in [-0.39, 0.29) is 5.41 Å². The van der Waals surface area contributed by atoms with Crippen molar-refractivity contribution in [3.05, 3.63) is 84.8 Å². The van der Waals surface area contributed by atoms with Crippen molar-refractivity contribution in [2.24, 2.45) is 0 Å². The van der Waals surface area contributed by atoms with Crippen LogP contribution in [-0.4, -0.2) is 40.1 Å². The van der Waals surface area contributed by atoms with Gasteiger partial charge in [-0.3, -0.25) is 0 Å². The number of nitrogens with one attached hydrogen (secondary N) is 3. The van der Waals surface area contributed by atoms with E-state index in [2.05, 4.69) is 56.7 Å². The molecular weight excluding hydrogens is 518 g/mol. The maximum Gasteiger partial charge on any atom is 0.323 e. The average molecular weight is 550 g/mol. The number of nitrogens with zero attached hydrogens (tertiary/aromatic N) is 4. The molecule has 0 saturated heterocycles. The van der Waals surface area contributed by atoms with Gasteiger partial charge in [-0.2, -0.15) is 4.98 Å². The highest BCUT2D eigenvalue weighted by Crippen LogP contribution is 2.37. The summed E-state index contributed by atoms with van der Waals surface area (Å²) in [5, 5.41) is 10.4. The first kappa shape index (κ1) is 27.3. The number of carbonyl (C=O) groups excluding carboxylic acids is 1. The van der Waals surface area contributed by atoms with Gasteiger partial charge in [-0.05, 0) is 47.4 Å². The van der Waals surface area contributed by atoms with Gasteiger partial charge in [0.2, 0.25) is 11.8 Å². The van der Waals surface area contributed by atoms with E-state index in [1.165, 1.54) is 6.33 Å². The Kier molecular flexibility index (Phi) is 7.64. The summed E-state index contributed by atoms with van der Waals surface area (Å²) in [6.45, 7) is 6.35. The number of fused-ring (bicyclic) bond motifs is 1. The molecule has 2 aromatic heterocycles.